The molecule has 0 saturated carbocycles. The lowest BCUT2D eigenvalue weighted by Crippen LogP contribution is -2.50. The smallest absolute Gasteiger partial charge is 0.268 e. The number of carbonyl (C=O) groups excluding carboxylic acids is 3. The summed E-state index contributed by atoms with van der Waals surface area (Å²) >= 11 is 0. The minimum absolute atomic E-state index is 0.122. The number of piperazine rings is 1. The van der Waals surface area contributed by atoms with Gasteiger partial charge >= 0.3 is 0 Å². The summed E-state index contributed by atoms with van der Waals surface area (Å²) in [6, 6.07) is 7.24. The molecule has 1 atom stereocenters. The number of benzene rings is 1. The van der Waals surface area contributed by atoms with Gasteiger partial charge in [0.15, 0.2) is 0 Å². The zero-order valence-corrected chi connectivity index (χ0v) is 27.8. The van der Waals surface area contributed by atoms with Gasteiger partial charge in [-0.05, 0) is 56.9 Å². The van der Waals surface area contributed by atoms with Crippen molar-refractivity contribution in [1.29, 1.82) is 5.26 Å². The first-order valence-electron chi connectivity index (χ1n) is 16.3. The molecule has 11 nitrogen and oxygen atoms in total. The van der Waals surface area contributed by atoms with E-state index in [1.165, 1.54) is 12.3 Å². The molecule has 2 aliphatic heterocycles. The van der Waals surface area contributed by atoms with Gasteiger partial charge in [0.1, 0.15) is 11.8 Å². The molecule has 2 saturated heterocycles. The van der Waals surface area contributed by atoms with Crippen LogP contribution in [0.5, 0.6) is 5.75 Å². The van der Waals surface area contributed by atoms with Crippen molar-refractivity contribution in [2.45, 2.75) is 70.9 Å². The Morgan fingerprint density at radius 2 is 1.87 bits per heavy atom. The number of likely N-dealkylation sites (tertiary alicyclic amines) is 1. The third-order valence-corrected chi connectivity index (χ3v) is 8.47. The maximum absolute atomic E-state index is 13.7. The number of amides is 3. The summed E-state index contributed by atoms with van der Waals surface area (Å²) in [4.78, 5) is 47.8. The number of nitrogens with zero attached hydrogens (tertiary/aromatic N) is 5. The molecular formula is C34H46F2N6O5. The van der Waals surface area contributed by atoms with Crippen LogP contribution in [-0.4, -0.2) is 114 Å². The van der Waals surface area contributed by atoms with Gasteiger partial charge in [0, 0.05) is 57.3 Å². The molecule has 1 aromatic carbocycles. The number of hydrogen-bond acceptors (Lipinski definition) is 8. The highest BCUT2D eigenvalue weighted by Gasteiger charge is 2.47. The first-order chi connectivity index (χ1) is 22.3. The third kappa shape index (κ3) is 10.3. The van der Waals surface area contributed by atoms with Gasteiger partial charge in [0.25, 0.3) is 11.8 Å². The lowest BCUT2D eigenvalue weighted by molar-refractivity contribution is -0.139. The quantitative estimate of drug-likeness (QED) is 0.304. The number of pyridine rings is 1. The highest BCUT2D eigenvalue weighted by molar-refractivity contribution is 6.07. The molecule has 1 aromatic heterocycles. The van der Waals surface area contributed by atoms with Gasteiger partial charge in [-0.1, -0.05) is 13.8 Å². The maximum Gasteiger partial charge on any atom is 0.268 e. The minimum Gasteiger partial charge on any atom is -0.494 e. The molecule has 0 spiro atoms. The van der Waals surface area contributed by atoms with E-state index in [9.17, 15) is 23.2 Å². The molecule has 47 heavy (non-hydrogen) atoms. The Hall–Kier alpha value is -3.89. The van der Waals surface area contributed by atoms with Gasteiger partial charge in [-0.15, -0.1) is 0 Å². The number of nitrogens with one attached hydrogen (secondary N) is 1. The SMILES string of the molecule is CC(C)CCOC(C)(C)CC(=O)N1CCN(CCCOc2ccc3nccc(C(=O)NCC(=O)N4CC(F)(F)C[C@H]4C#N)c3c2)CC1. The second-order valence-electron chi connectivity index (χ2n) is 13.3. The average Bonchev–Trinajstić information content (AvgIpc) is 3.35. The minimum atomic E-state index is -3.13. The van der Waals surface area contributed by atoms with Gasteiger partial charge in [-0.3, -0.25) is 24.3 Å². The van der Waals surface area contributed by atoms with E-state index in [0.29, 0.717) is 55.3 Å². The normalized spacial score (nSPS) is 18.4. The zero-order valence-electron chi connectivity index (χ0n) is 27.8. The Morgan fingerprint density at radius 1 is 1.13 bits per heavy atom. The van der Waals surface area contributed by atoms with Crippen molar-refractivity contribution in [3.63, 3.8) is 0 Å². The molecule has 3 heterocycles. The molecule has 0 bridgehead atoms. The molecule has 4 rings (SSSR count). The van der Waals surface area contributed by atoms with E-state index in [-0.39, 0.29) is 11.5 Å². The summed E-state index contributed by atoms with van der Waals surface area (Å²) in [5.41, 5.74) is 0.328. The topological polar surface area (TPSA) is 128 Å². The molecule has 256 valence electrons. The standard InChI is InChI=1S/C34H46F2N6O5/c1-24(2)9-17-47-33(3,4)20-30(43)41-14-12-40(13-15-41)11-5-16-46-26-6-7-29-28(18-26)27(8-10-38-29)32(45)39-22-31(44)42-23-34(35,36)19-25(42)21-37/h6-8,10,18,24-25H,5,9,11-17,19-20,22-23H2,1-4H3,(H,39,45)/t25-/m0/s1. The highest BCUT2D eigenvalue weighted by atomic mass is 19.3. The zero-order chi connectivity index (χ0) is 34.2. The monoisotopic (exact) mass is 656 g/mol. The van der Waals surface area contributed by atoms with Crippen LogP contribution in [-0.2, 0) is 14.3 Å². The number of ether oxygens (including phenoxy) is 2. The van der Waals surface area contributed by atoms with Crippen molar-refractivity contribution < 1.29 is 32.6 Å². The molecular weight excluding hydrogens is 610 g/mol. The number of hydrogen-bond donors (Lipinski definition) is 1. The highest BCUT2D eigenvalue weighted by Crippen LogP contribution is 2.31. The predicted octanol–water partition coefficient (Wildman–Crippen LogP) is 3.87. The number of alkyl halides is 2. The van der Waals surface area contributed by atoms with Crippen LogP contribution in [0.25, 0.3) is 10.9 Å². The number of nitriles is 1. The van der Waals surface area contributed by atoms with Crippen LogP contribution in [0.15, 0.2) is 30.5 Å². The summed E-state index contributed by atoms with van der Waals surface area (Å²) in [5.74, 6) is -3.21. The van der Waals surface area contributed by atoms with Gasteiger partial charge in [-0.2, -0.15) is 5.26 Å². The molecule has 1 N–H and O–H groups in total. The first kappa shape index (κ1) is 36.0. The number of carbonyl (C=O) groups is 3. The van der Waals surface area contributed by atoms with Crippen molar-refractivity contribution in [2.75, 3.05) is 59.0 Å². The van der Waals surface area contributed by atoms with Crippen LogP contribution in [0.2, 0.25) is 0 Å². The van der Waals surface area contributed by atoms with Crippen LogP contribution in [0.4, 0.5) is 8.78 Å². The lowest BCUT2D eigenvalue weighted by Gasteiger charge is -2.36. The Labute approximate surface area is 275 Å². The molecule has 0 radical (unpaired) electrons. The summed E-state index contributed by atoms with van der Waals surface area (Å²) in [6.45, 7) is 11.8. The number of aromatic nitrogens is 1. The third-order valence-electron chi connectivity index (χ3n) is 8.47. The lowest BCUT2D eigenvalue weighted by atomic mass is 10.0. The number of fused-ring (bicyclic) bond motifs is 1. The van der Waals surface area contributed by atoms with Crippen LogP contribution in [0, 0.1) is 17.2 Å². The Balaban J connectivity index is 1.21. The van der Waals surface area contributed by atoms with E-state index in [2.05, 4.69) is 29.0 Å². The van der Waals surface area contributed by atoms with Crippen molar-refractivity contribution >= 4 is 28.6 Å². The number of halogens is 2. The van der Waals surface area contributed by atoms with Gasteiger partial charge in [0.2, 0.25) is 11.8 Å². The van der Waals surface area contributed by atoms with Crippen LogP contribution in [0.3, 0.4) is 0 Å². The molecule has 0 aliphatic carbocycles. The van der Waals surface area contributed by atoms with E-state index in [4.69, 9.17) is 14.7 Å². The molecule has 2 aromatic rings. The Kier molecular flexibility index (Phi) is 12.1. The van der Waals surface area contributed by atoms with Gasteiger partial charge < -0.3 is 24.6 Å². The maximum atomic E-state index is 13.7. The largest absolute Gasteiger partial charge is 0.494 e. The number of rotatable bonds is 14. The Morgan fingerprint density at radius 3 is 2.57 bits per heavy atom. The van der Waals surface area contributed by atoms with Crippen molar-refractivity contribution in [1.82, 2.24) is 25.0 Å². The summed E-state index contributed by atoms with van der Waals surface area (Å²) in [5, 5.41) is 12.2. The summed E-state index contributed by atoms with van der Waals surface area (Å²) < 4.78 is 39.4. The van der Waals surface area contributed by atoms with E-state index >= 15 is 0 Å². The molecule has 13 heteroatoms. The van der Waals surface area contributed by atoms with Crippen LogP contribution < -0.4 is 10.1 Å². The van der Waals surface area contributed by atoms with Crippen molar-refractivity contribution in [3.05, 3.63) is 36.0 Å². The molecule has 2 fully saturated rings. The van der Waals surface area contributed by atoms with E-state index in [1.54, 1.807) is 24.3 Å². The van der Waals surface area contributed by atoms with Crippen molar-refractivity contribution in [3.8, 4) is 11.8 Å². The predicted molar refractivity (Wildman–Crippen MR) is 172 cm³/mol. The van der Waals surface area contributed by atoms with Crippen molar-refractivity contribution in [2.24, 2.45) is 5.92 Å². The summed E-state index contributed by atoms with van der Waals surface area (Å²) in [7, 11) is 0. The van der Waals surface area contributed by atoms with E-state index < -0.39 is 48.9 Å². The molecule has 2 aliphatic rings. The van der Waals surface area contributed by atoms with Crippen LogP contribution in [0.1, 0.15) is 63.7 Å². The second kappa shape index (κ2) is 15.8. The van der Waals surface area contributed by atoms with Crippen LogP contribution >= 0.6 is 0 Å². The average molecular weight is 657 g/mol. The Bertz CT molecular complexity index is 1450. The first-order valence-corrected chi connectivity index (χ1v) is 16.3. The second-order valence-corrected chi connectivity index (χ2v) is 13.3. The fraction of sp³-hybridized carbons (Fsp3) is 0.618. The summed E-state index contributed by atoms with van der Waals surface area (Å²) in [6.07, 6.45) is 2.86. The molecule has 0 unspecified atom stereocenters. The molecule has 3 amide bonds. The van der Waals surface area contributed by atoms with E-state index in [0.717, 1.165) is 37.4 Å². The fourth-order valence-corrected chi connectivity index (χ4v) is 5.76. The van der Waals surface area contributed by atoms with Gasteiger partial charge in [-0.25, -0.2) is 8.78 Å². The fourth-order valence-electron chi connectivity index (χ4n) is 5.76. The van der Waals surface area contributed by atoms with E-state index in [1.807, 2.05) is 18.7 Å². The van der Waals surface area contributed by atoms with Gasteiger partial charge in [0.05, 0.1) is 48.9 Å².